The number of rotatable bonds is 4. The fourth-order valence-electron chi connectivity index (χ4n) is 0.563. The van der Waals surface area contributed by atoms with E-state index in [0.717, 1.165) is 0 Å². The van der Waals surface area contributed by atoms with Gasteiger partial charge in [-0.3, -0.25) is 4.79 Å². The Morgan fingerprint density at radius 2 is 1.79 bits per heavy atom. The highest BCUT2D eigenvalue weighted by atomic mass is 16.5. The molecule has 0 spiro atoms. The van der Waals surface area contributed by atoms with Gasteiger partial charge in [0.25, 0.3) is 0 Å². The first-order chi connectivity index (χ1) is 6.66. The molecule has 0 rings (SSSR count). The van der Waals surface area contributed by atoms with Crippen LogP contribution in [0.5, 0.6) is 0 Å². The summed E-state index contributed by atoms with van der Waals surface area (Å²) in [5.74, 6) is 3.73. The molecular weight excluding hydrogens is 184 g/mol. The summed E-state index contributed by atoms with van der Waals surface area (Å²) in [7, 11) is 0. The SMILES string of the molecule is CC#CC(=O)OCC=CCOC(C)=O. The van der Waals surface area contributed by atoms with E-state index < -0.39 is 5.97 Å². The van der Waals surface area contributed by atoms with Crippen LogP contribution >= 0.6 is 0 Å². The molecule has 0 aromatic heterocycles. The van der Waals surface area contributed by atoms with E-state index in [0.29, 0.717) is 0 Å². The van der Waals surface area contributed by atoms with Crippen LogP contribution in [0.3, 0.4) is 0 Å². The van der Waals surface area contributed by atoms with E-state index in [9.17, 15) is 9.59 Å². The van der Waals surface area contributed by atoms with Crippen molar-refractivity contribution in [2.75, 3.05) is 13.2 Å². The van der Waals surface area contributed by atoms with Gasteiger partial charge in [-0.05, 0) is 19.1 Å². The van der Waals surface area contributed by atoms with E-state index in [1.54, 1.807) is 19.1 Å². The molecule has 0 aliphatic carbocycles. The quantitative estimate of drug-likeness (QED) is 0.287. The Bertz CT molecular complexity index is 280. The first kappa shape index (κ1) is 12.2. The second-order valence-corrected chi connectivity index (χ2v) is 2.25. The predicted molar refractivity (Wildman–Crippen MR) is 50.2 cm³/mol. The third-order valence-corrected chi connectivity index (χ3v) is 1.09. The second-order valence-electron chi connectivity index (χ2n) is 2.25. The molecule has 0 bridgehead atoms. The topological polar surface area (TPSA) is 52.6 Å². The van der Waals surface area contributed by atoms with Crippen molar-refractivity contribution in [1.29, 1.82) is 0 Å². The third-order valence-electron chi connectivity index (χ3n) is 1.09. The summed E-state index contributed by atoms with van der Waals surface area (Å²) in [6.07, 6.45) is 3.17. The Balaban J connectivity index is 3.47. The Kier molecular flexibility index (Phi) is 6.88. The first-order valence-electron chi connectivity index (χ1n) is 4.04. The summed E-state index contributed by atoms with van der Waals surface area (Å²) in [6.45, 7) is 3.20. The number of carbonyl (C=O) groups is 2. The maximum absolute atomic E-state index is 10.7. The van der Waals surface area contributed by atoms with Crippen molar-refractivity contribution in [2.24, 2.45) is 0 Å². The minimum Gasteiger partial charge on any atom is -0.462 e. The summed E-state index contributed by atoms with van der Waals surface area (Å²) in [6, 6.07) is 0. The van der Waals surface area contributed by atoms with Crippen molar-refractivity contribution in [1.82, 2.24) is 0 Å². The van der Waals surface area contributed by atoms with Crippen LogP contribution in [0.4, 0.5) is 0 Å². The molecule has 14 heavy (non-hydrogen) atoms. The molecule has 0 aliphatic rings. The van der Waals surface area contributed by atoms with Gasteiger partial charge in [0.05, 0.1) is 0 Å². The Morgan fingerprint density at radius 3 is 2.29 bits per heavy atom. The van der Waals surface area contributed by atoms with Gasteiger partial charge in [0.15, 0.2) is 0 Å². The molecule has 0 aromatic rings. The summed E-state index contributed by atoms with van der Waals surface area (Å²) < 4.78 is 9.25. The van der Waals surface area contributed by atoms with Crippen LogP contribution in [-0.4, -0.2) is 25.2 Å². The number of ether oxygens (including phenoxy) is 2. The van der Waals surface area contributed by atoms with Crippen molar-refractivity contribution >= 4 is 11.9 Å². The van der Waals surface area contributed by atoms with Crippen LogP contribution in [0.2, 0.25) is 0 Å². The molecule has 0 aromatic carbocycles. The van der Waals surface area contributed by atoms with E-state index in [4.69, 9.17) is 0 Å². The van der Waals surface area contributed by atoms with Crippen molar-refractivity contribution in [3.05, 3.63) is 12.2 Å². The molecule has 0 fully saturated rings. The second kappa shape index (κ2) is 7.87. The predicted octanol–water partition coefficient (Wildman–Crippen LogP) is 0.672. The lowest BCUT2D eigenvalue weighted by Crippen LogP contribution is -2.01. The van der Waals surface area contributed by atoms with E-state index >= 15 is 0 Å². The van der Waals surface area contributed by atoms with Gasteiger partial charge < -0.3 is 9.47 Å². The Labute approximate surface area is 82.9 Å². The Morgan fingerprint density at radius 1 is 1.21 bits per heavy atom. The van der Waals surface area contributed by atoms with Gasteiger partial charge >= 0.3 is 11.9 Å². The average Bonchev–Trinajstić information content (AvgIpc) is 2.11. The highest BCUT2D eigenvalue weighted by molar-refractivity contribution is 5.88. The van der Waals surface area contributed by atoms with Gasteiger partial charge in [-0.2, -0.15) is 0 Å². The molecule has 0 atom stereocenters. The molecule has 76 valence electrons. The highest BCUT2D eigenvalue weighted by Gasteiger charge is 1.92. The average molecular weight is 196 g/mol. The van der Waals surface area contributed by atoms with Crippen LogP contribution in [0.15, 0.2) is 12.2 Å². The molecule has 0 heterocycles. The molecule has 0 unspecified atom stereocenters. The van der Waals surface area contributed by atoms with Crippen molar-refractivity contribution in [3.63, 3.8) is 0 Å². The summed E-state index contributed by atoms with van der Waals surface area (Å²) in [4.78, 5) is 21.0. The molecule has 4 heteroatoms. The molecule has 0 radical (unpaired) electrons. The van der Waals surface area contributed by atoms with Crippen LogP contribution in [-0.2, 0) is 19.1 Å². The van der Waals surface area contributed by atoms with Gasteiger partial charge in [0.2, 0.25) is 0 Å². The normalized spacial score (nSPS) is 9.00. The lowest BCUT2D eigenvalue weighted by atomic mass is 10.5. The summed E-state index contributed by atoms with van der Waals surface area (Å²) in [5, 5.41) is 0. The fourth-order valence-corrected chi connectivity index (χ4v) is 0.563. The van der Waals surface area contributed by atoms with Crippen molar-refractivity contribution in [3.8, 4) is 11.8 Å². The van der Waals surface area contributed by atoms with Crippen LogP contribution in [0, 0.1) is 11.8 Å². The summed E-state index contributed by atoms with van der Waals surface area (Å²) in [5.41, 5.74) is 0. The van der Waals surface area contributed by atoms with Gasteiger partial charge in [0.1, 0.15) is 13.2 Å². The molecule has 0 aliphatic heterocycles. The van der Waals surface area contributed by atoms with E-state index in [2.05, 4.69) is 21.3 Å². The largest absolute Gasteiger partial charge is 0.462 e. The van der Waals surface area contributed by atoms with E-state index in [-0.39, 0.29) is 19.2 Å². The molecule has 0 saturated carbocycles. The van der Waals surface area contributed by atoms with Gasteiger partial charge in [-0.1, -0.05) is 5.92 Å². The lowest BCUT2D eigenvalue weighted by Gasteiger charge is -1.95. The monoisotopic (exact) mass is 196 g/mol. The van der Waals surface area contributed by atoms with E-state index in [1.807, 2.05) is 0 Å². The zero-order valence-electron chi connectivity index (χ0n) is 8.20. The third kappa shape index (κ3) is 8.34. The van der Waals surface area contributed by atoms with Crippen molar-refractivity contribution < 1.29 is 19.1 Å². The maximum Gasteiger partial charge on any atom is 0.384 e. The smallest absolute Gasteiger partial charge is 0.384 e. The number of hydrogen-bond donors (Lipinski definition) is 0. The van der Waals surface area contributed by atoms with Crippen LogP contribution < -0.4 is 0 Å². The van der Waals surface area contributed by atoms with E-state index in [1.165, 1.54) is 6.92 Å². The van der Waals surface area contributed by atoms with Crippen LogP contribution in [0.25, 0.3) is 0 Å². The molecule has 0 N–H and O–H groups in total. The molecule has 0 saturated heterocycles. The van der Waals surface area contributed by atoms with Gasteiger partial charge in [-0.25, -0.2) is 4.79 Å². The molecule has 0 amide bonds. The number of carbonyl (C=O) groups excluding carboxylic acids is 2. The Hall–Kier alpha value is -1.76. The lowest BCUT2D eigenvalue weighted by molar-refractivity contribution is -0.140. The van der Waals surface area contributed by atoms with Gasteiger partial charge in [0, 0.05) is 12.8 Å². The minimum absolute atomic E-state index is 0.134. The zero-order chi connectivity index (χ0) is 10.8. The standard InChI is InChI=1S/C10H12O4/c1-3-6-10(12)14-8-5-4-7-13-9(2)11/h4-5H,7-8H2,1-2H3. The summed E-state index contributed by atoms with van der Waals surface area (Å²) >= 11 is 0. The maximum atomic E-state index is 10.7. The molecule has 4 nitrogen and oxygen atoms in total. The van der Waals surface area contributed by atoms with Crippen molar-refractivity contribution in [2.45, 2.75) is 13.8 Å². The number of esters is 2. The molecular formula is C10H12O4. The highest BCUT2D eigenvalue weighted by Crippen LogP contribution is 1.82. The zero-order valence-corrected chi connectivity index (χ0v) is 8.20. The minimum atomic E-state index is -0.565. The van der Waals surface area contributed by atoms with Crippen LogP contribution in [0.1, 0.15) is 13.8 Å². The fraction of sp³-hybridized carbons (Fsp3) is 0.400. The number of hydrogen-bond acceptors (Lipinski definition) is 4. The first-order valence-corrected chi connectivity index (χ1v) is 4.04. The van der Waals surface area contributed by atoms with Gasteiger partial charge in [-0.15, -0.1) is 0 Å².